The van der Waals surface area contributed by atoms with Crippen molar-refractivity contribution in [2.24, 2.45) is 0 Å². The lowest BCUT2D eigenvalue weighted by molar-refractivity contribution is 0.174. The summed E-state index contributed by atoms with van der Waals surface area (Å²) in [6.45, 7) is 9.32. The number of aromatic nitrogens is 4. The molecule has 0 saturated carbocycles. The van der Waals surface area contributed by atoms with E-state index in [4.69, 9.17) is 20.2 Å². The van der Waals surface area contributed by atoms with Crippen LogP contribution >= 0.6 is 22.6 Å². The Bertz CT molecular complexity index is 1100. The number of aryl methyl sites for hydroxylation is 1. The number of nitrogens with two attached hydrogens (primary N) is 1. The zero-order valence-electron chi connectivity index (χ0n) is 17.9. The van der Waals surface area contributed by atoms with Crippen molar-refractivity contribution in [1.29, 1.82) is 0 Å². The van der Waals surface area contributed by atoms with Crippen molar-refractivity contribution in [2.75, 3.05) is 25.6 Å². The third kappa shape index (κ3) is 4.54. The first-order valence-corrected chi connectivity index (χ1v) is 11.5. The van der Waals surface area contributed by atoms with E-state index in [2.05, 4.69) is 58.2 Å². The summed E-state index contributed by atoms with van der Waals surface area (Å²) in [7, 11) is 0. The SMILES string of the molecule is CCN(CCCn1c(Cc2cc3c(cc2I)OCO3)nc2c(N)nc(F)nc21)C(C)C. The topological polar surface area (TPSA) is 91.3 Å². The van der Waals surface area contributed by atoms with Crippen LogP contribution in [-0.2, 0) is 13.0 Å². The maximum absolute atomic E-state index is 14.0. The molecule has 0 spiro atoms. The first kappa shape index (κ1) is 22.0. The minimum atomic E-state index is -0.840. The second-order valence-electron chi connectivity index (χ2n) is 7.78. The second kappa shape index (κ2) is 9.11. The summed E-state index contributed by atoms with van der Waals surface area (Å²) < 4.78 is 28.0. The Morgan fingerprint density at radius 2 is 1.97 bits per heavy atom. The number of nitrogens with zero attached hydrogens (tertiary/aromatic N) is 5. The molecule has 31 heavy (non-hydrogen) atoms. The molecule has 0 radical (unpaired) electrons. The quantitative estimate of drug-likeness (QED) is 0.345. The summed E-state index contributed by atoms with van der Waals surface area (Å²) in [5.74, 6) is 2.29. The third-order valence-electron chi connectivity index (χ3n) is 5.53. The van der Waals surface area contributed by atoms with E-state index in [0.717, 1.165) is 46.0 Å². The number of nitrogen functional groups attached to an aromatic ring is 1. The van der Waals surface area contributed by atoms with Gasteiger partial charge in [-0.05, 0) is 67.1 Å². The van der Waals surface area contributed by atoms with Crippen LogP contribution in [0.3, 0.4) is 0 Å². The Kier molecular flexibility index (Phi) is 6.47. The van der Waals surface area contributed by atoms with Crippen molar-refractivity contribution in [3.8, 4) is 11.5 Å². The highest BCUT2D eigenvalue weighted by molar-refractivity contribution is 14.1. The van der Waals surface area contributed by atoms with Crippen LogP contribution < -0.4 is 15.2 Å². The number of benzene rings is 1. The molecule has 4 rings (SSSR count). The van der Waals surface area contributed by atoms with Gasteiger partial charge >= 0.3 is 6.08 Å². The molecule has 2 N–H and O–H groups in total. The van der Waals surface area contributed by atoms with Gasteiger partial charge in [0.25, 0.3) is 0 Å². The molecule has 3 aromatic rings. The highest BCUT2D eigenvalue weighted by Gasteiger charge is 2.21. The molecule has 0 unspecified atom stereocenters. The van der Waals surface area contributed by atoms with Gasteiger partial charge in [0.1, 0.15) is 5.82 Å². The largest absolute Gasteiger partial charge is 0.454 e. The fraction of sp³-hybridized carbons (Fsp3) is 0.476. The number of anilines is 1. The molecule has 0 aliphatic carbocycles. The number of hydrogen-bond donors (Lipinski definition) is 1. The fourth-order valence-corrected chi connectivity index (χ4v) is 4.52. The number of ether oxygens (including phenoxy) is 2. The van der Waals surface area contributed by atoms with E-state index in [0.29, 0.717) is 30.2 Å². The van der Waals surface area contributed by atoms with Gasteiger partial charge in [-0.15, -0.1) is 0 Å². The van der Waals surface area contributed by atoms with Crippen LogP contribution in [0, 0.1) is 9.65 Å². The molecule has 166 valence electrons. The van der Waals surface area contributed by atoms with Crippen molar-refractivity contribution in [2.45, 2.75) is 46.2 Å². The maximum atomic E-state index is 14.0. The van der Waals surface area contributed by atoms with Gasteiger partial charge in [-0.25, -0.2) is 4.98 Å². The molecular weight excluding hydrogens is 514 g/mol. The van der Waals surface area contributed by atoms with Gasteiger partial charge in [-0.1, -0.05) is 6.92 Å². The standard InChI is InChI=1S/C21H26FIN6O2/c1-4-28(12(2)3)6-5-7-29-17(25-18-19(24)26-21(22)27-20(18)29)9-13-8-15-16(10-14(13)23)31-11-30-15/h8,10,12H,4-7,9,11H2,1-3H3,(H2,24,26,27). The summed E-state index contributed by atoms with van der Waals surface area (Å²) in [6.07, 6.45) is 0.579. The molecule has 0 saturated heterocycles. The van der Waals surface area contributed by atoms with E-state index in [9.17, 15) is 4.39 Å². The Morgan fingerprint density at radius 1 is 1.23 bits per heavy atom. The van der Waals surface area contributed by atoms with Crippen LogP contribution in [0.15, 0.2) is 12.1 Å². The van der Waals surface area contributed by atoms with E-state index in [1.165, 1.54) is 0 Å². The summed E-state index contributed by atoms with van der Waals surface area (Å²) in [6, 6.07) is 4.40. The smallest absolute Gasteiger partial charge is 0.312 e. The fourth-order valence-electron chi connectivity index (χ4n) is 3.89. The lowest BCUT2D eigenvalue weighted by Gasteiger charge is -2.24. The third-order valence-corrected chi connectivity index (χ3v) is 6.53. The van der Waals surface area contributed by atoms with Gasteiger partial charge in [0, 0.05) is 29.1 Å². The van der Waals surface area contributed by atoms with Gasteiger partial charge in [0.2, 0.25) is 6.79 Å². The molecule has 1 aromatic carbocycles. The van der Waals surface area contributed by atoms with Crippen molar-refractivity contribution in [1.82, 2.24) is 24.4 Å². The van der Waals surface area contributed by atoms with Gasteiger partial charge in [0.15, 0.2) is 28.5 Å². The minimum absolute atomic E-state index is 0.0558. The molecule has 8 nitrogen and oxygen atoms in total. The van der Waals surface area contributed by atoms with Crippen molar-refractivity contribution >= 4 is 39.6 Å². The molecule has 0 bridgehead atoms. The van der Waals surface area contributed by atoms with Crippen molar-refractivity contribution < 1.29 is 13.9 Å². The Balaban J connectivity index is 1.67. The second-order valence-corrected chi connectivity index (χ2v) is 8.94. The average molecular weight is 540 g/mol. The zero-order chi connectivity index (χ0) is 22.1. The van der Waals surface area contributed by atoms with Gasteiger partial charge in [0.05, 0.1) is 0 Å². The summed E-state index contributed by atoms with van der Waals surface area (Å²) >= 11 is 2.28. The number of hydrogen-bond acceptors (Lipinski definition) is 7. The van der Waals surface area contributed by atoms with Gasteiger partial charge < -0.3 is 24.7 Å². The lowest BCUT2D eigenvalue weighted by Crippen LogP contribution is -2.32. The van der Waals surface area contributed by atoms with Crippen LogP contribution in [0.4, 0.5) is 10.2 Å². The van der Waals surface area contributed by atoms with E-state index < -0.39 is 6.08 Å². The van der Waals surface area contributed by atoms with Crippen LogP contribution in [0.2, 0.25) is 0 Å². The number of halogens is 2. The predicted octanol–water partition coefficient (Wildman–Crippen LogP) is 3.59. The first-order chi connectivity index (χ1) is 14.9. The molecule has 3 heterocycles. The minimum Gasteiger partial charge on any atom is -0.454 e. The number of rotatable bonds is 8. The summed E-state index contributed by atoms with van der Waals surface area (Å²) in [5.41, 5.74) is 7.88. The van der Waals surface area contributed by atoms with E-state index in [1.807, 2.05) is 16.7 Å². The normalized spacial score (nSPS) is 13.1. The molecule has 0 fully saturated rings. The van der Waals surface area contributed by atoms with Crippen molar-refractivity contribution in [3.63, 3.8) is 0 Å². The maximum Gasteiger partial charge on any atom is 0.312 e. The Morgan fingerprint density at radius 3 is 2.68 bits per heavy atom. The summed E-state index contributed by atoms with van der Waals surface area (Å²) in [4.78, 5) is 14.8. The molecule has 0 amide bonds. The Labute approximate surface area is 194 Å². The number of imidazole rings is 1. The van der Waals surface area contributed by atoms with E-state index in [-0.39, 0.29) is 12.6 Å². The van der Waals surface area contributed by atoms with E-state index >= 15 is 0 Å². The van der Waals surface area contributed by atoms with Crippen LogP contribution in [0.1, 0.15) is 38.6 Å². The number of fused-ring (bicyclic) bond motifs is 2. The van der Waals surface area contributed by atoms with Crippen LogP contribution in [-0.4, -0.2) is 50.3 Å². The first-order valence-electron chi connectivity index (χ1n) is 10.4. The van der Waals surface area contributed by atoms with Gasteiger partial charge in [-0.3, -0.25) is 0 Å². The predicted molar refractivity (Wildman–Crippen MR) is 125 cm³/mol. The van der Waals surface area contributed by atoms with E-state index in [1.54, 1.807) is 0 Å². The molecule has 1 aliphatic heterocycles. The molecule has 10 heteroatoms. The highest BCUT2D eigenvalue weighted by atomic mass is 127. The average Bonchev–Trinajstić information content (AvgIpc) is 3.30. The van der Waals surface area contributed by atoms with Crippen LogP contribution in [0.5, 0.6) is 11.5 Å². The zero-order valence-corrected chi connectivity index (χ0v) is 20.0. The molecule has 1 aliphatic rings. The molecular formula is C21H26FIN6O2. The van der Waals surface area contributed by atoms with Crippen molar-refractivity contribution in [3.05, 3.63) is 33.2 Å². The van der Waals surface area contributed by atoms with Gasteiger partial charge in [-0.2, -0.15) is 14.4 Å². The monoisotopic (exact) mass is 540 g/mol. The summed E-state index contributed by atoms with van der Waals surface area (Å²) in [5, 5.41) is 0. The van der Waals surface area contributed by atoms with Crippen LogP contribution in [0.25, 0.3) is 11.2 Å². The highest BCUT2D eigenvalue weighted by Crippen LogP contribution is 2.36. The Hall–Kier alpha value is -2.21. The molecule has 2 aromatic heterocycles. The molecule has 0 atom stereocenters. The lowest BCUT2D eigenvalue weighted by atomic mass is 10.1.